The Morgan fingerprint density at radius 3 is 2.76 bits per heavy atom. The molecule has 1 aliphatic carbocycles. The summed E-state index contributed by atoms with van der Waals surface area (Å²) in [5, 5.41) is 9.20. The predicted octanol–water partition coefficient (Wildman–Crippen LogP) is 2.46. The third kappa shape index (κ3) is 4.94. The van der Waals surface area contributed by atoms with Gasteiger partial charge in [0, 0.05) is 12.1 Å². The van der Waals surface area contributed by atoms with Gasteiger partial charge in [0.25, 0.3) is 0 Å². The van der Waals surface area contributed by atoms with Gasteiger partial charge in [0.1, 0.15) is 0 Å². The van der Waals surface area contributed by atoms with E-state index in [1.54, 1.807) is 0 Å². The van der Waals surface area contributed by atoms with E-state index in [4.69, 9.17) is 10.5 Å². The molecule has 1 rings (SSSR count). The molecule has 0 amide bonds. The van der Waals surface area contributed by atoms with E-state index >= 15 is 0 Å². The van der Waals surface area contributed by atoms with Crippen LogP contribution in [0.5, 0.6) is 0 Å². The van der Waals surface area contributed by atoms with Gasteiger partial charge in [-0.05, 0) is 31.6 Å². The van der Waals surface area contributed by atoms with E-state index in [0.29, 0.717) is 5.92 Å². The molecule has 3 nitrogen and oxygen atoms in total. The first kappa shape index (κ1) is 14.9. The molecule has 17 heavy (non-hydrogen) atoms. The van der Waals surface area contributed by atoms with Crippen molar-refractivity contribution < 1.29 is 9.84 Å². The molecule has 102 valence electrons. The molecule has 3 heteroatoms. The average molecular weight is 243 g/mol. The molecule has 0 heterocycles. The highest BCUT2D eigenvalue weighted by Crippen LogP contribution is 2.30. The number of rotatable bonds is 8. The summed E-state index contributed by atoms with van der Waals surface area (Å²) in [6.45, 7) is 5.41. The van der Waals surface area contributed by atoms with E-state index in [1.165, 1.54) is 25.7 Å². The monoisotopic (exact) mass is 243 g/mol. The second kappa shape index (κ2) is 7.34. The summed E-state index contributed by atoms with van der Waals surface area (Å²) in [7, 11) is 0. The molecular formula is C14H29NO2. The van der Waals surface area contributed by atoms with Crippen molar-refractivity contribution in [2.75, 3.05) is 13.2 Å². The molecule has 0 spiro atoms. The highest BCUT2D eigenvalue weighted by Gasteiger charge is 2.35. The highest BCUT2D eigenvalue weighted by atomic mass is 16.5. The molecule has 0 bridgehead atoms. The Hall–Kier alpha value is -0.120. The zero-order valence-electron chi connectivity index (χ0n) is 11.5. The van der Waals surface area contributed by atoms with Gasteiger partial charge in [-0.25, -0.2) is 0 Å². The number of aliphatic hydroxyl groups is 1. The van der Waals surface area contributed by atoms with Crippen LogP contribution in [0.1, 0.15) is 58.8 Å². The predicted molar refractivity (Wildman–Crippen MR) is 70.9 cm³/mol. The fourth-order valence-corrected chi connectivity index (χ4v) is 2.56. The second-order valence-corrected chi connectivity index (χ2v) is 5.64. The molecule has 3 unspecified atom stereocenters. The van der Waals surface area contributed by atoms with Crippen LogP contribution in [-0.4, -0.2) is 30.0 Å². The summed E-state index contributed by atoms with van der Waals surface area (Å²) in [5.41, 5.74) is 5.66. The van der Waals surface area contributed by atoms with Gasteiger partial charge in [-0.3, -0.25) is 0 Å². The van der Waals surface area contributed by atoms with Gasteiger partial charge < -0.3 is 15.6 Å². The number of ether oxygens (including phenoxy) is 1. The maximum Gasteiger partial charge on any atom is 0.0612 e. The topological polar surface area (TPSA) is 55.5 Å². The molecule has 1 fully saturated rings. The lowest BCUT2D eigenvalue weighted by molar-refractivity contribution is 0.0244. The van der Waals surface area contributed by atoms with Crippen LogP contribution >= 0.6 is 0 Å². The molecule has 3 N–H and O–H groups in total. The highest BCUT2D eigenvalue weighted by molar-refractivity contribution is 4.93. The molecule has 0 radical (unpaired) electrons. The number of nitrogens with two attached hydrogens (primary N) is 1. The van der Waals surface area contributed by atoms with Crippen molar-refractivity contribution >= 4 is 0 Å². The Labute approximate surface area is 106 Å². The van der Waals surface area contributed by atoms with Crippen LogP contribution in [0.25, 0.3) is 0 Å². The lowest BCUT2D eigenvalue weighted by Crippen LogP contribution is -2.41. The van der Waals surface area contributed by atoms with E-state index < -0.39 is 0 Å². The third-order valence-electron chi connectivity index (χ3n) is 4.02. The van der Waals surface area contributed by atoms with Crippen molar-refractivity contribution in [1.29, 1.82) is 0 Å². The van der Waals surface area contributed by atoms with Gasteiger partial charge >= 0.3 is 0 Å². The minimum Gasteiger partial charge on any atom is -0.394 e. The van der Waals surface area contributed by atoms with Gasteiger partial charge in [0.2, 0.25) is 0 Å². The lowest BCUT2D eigenvalue weighted by atomic mass is 10.00. The average Bonchev–Trinajstić information content (AvgIpc) is 2.72. The number of aliphatic hydroxyl groups excluding tert-OH is 1. The molecular weight excluding hydrogens is 214 g/mol. The minimum absolute atomic E-state index is 0.0832. The van der Waals surface area contributed by atoms with E-state index in [-0.39, 0.29) is 18.2 Å². The van der Waals surface area contributed by atoms with Gasteiger partial charge in [-0.15, -0.1) is 0 Å². The van der Waals surface area contributed by atoms with E-state index in [0.717, 1.165) is 25.9 Å². The summed E-state index contributed by atoms with van der Waals surface area (Å²) in [6.07, 6.45) is 7.99. The maximum atomic E-state index is 9.20. The van der Waals surface area contributed by atoms with Gasteiger partial charge in [0.15, 0.2) is 0 Å². The molecule has 0 aromatic heterocycles. The van der Waals surface area contributed by atoms with Crippen LogP contribution < -0.4 is 5.73 Å². The van der Waals surface area contributed by atoms with Crippen molar-refractivity contribution in [2.45, 2.75) is 70.4 Å². The lowest BCUT2D eigenvalue weighted by Gasteiger charge is -2.22. The fraction of sp³-hybridized carbons (Fsp3) is 1.00. The van der Waals surface area contributed by atoms with Crippen LogP contribution in [-0.2, 0) is 4.74 Å². The summed E-state index contributed by atoms with van der Waals surface area (Å²) < 4.78 is 5.96. The first-order valence-electron chi connectivity index (χ1n) is 7.15. The maximum absolute atomic E-state index is 9.20. The van der Waals surface area contributed by atoms with E-state index in [2.05, 4.69) is 13.8 Å². The largest absolute Gasteiger partial charge is 0.394 e. The summed E-state index contributed by atoms with van der Waals surface area (Å²) in [4.78, 5) is 0. The Morgan fingerprint density at radius 1 is 1.47 bits per heavy atom. The standard InChI is InChI=1S/C14H29NO2/c1-3-5-6-12(4-2)10-17-13-7-8-14(15,9-13)11-16/h12-13,16H,3-11,15H2,1-2H3. The smallest absolute Gasteiger partial charge is 0.0612 e. The zero-order valence-corrected chi connectivity index (χ0v) is 11.5. The van der Waals surface area contributed by atoms with Crippen molar-refractivity contribution in [3.05, 3.63) is 0 Å². The Bertz CT molecular complexity index is 210. The molecule has 0 aromatic carbocycles. The molecule has 1 saturated carbocycles. The fourth-order valence-electron chi connectivity index (χ4n) is 2.56. The second-order valence-electron chi connectivity index (χ2n) is 5.64. The quantitative estimate of drug-likeness (QED) is 0.688. The van der Waals surface area contributed by atoms with Crippen LogP contribution in [0.15, 0.2) is 0 Å². The molecule has 0 aromatic rings. The number of hydrogen-bond donors (Lipinski definition) is 2. The number of unbranched alkanes of at least 4 members (excludes halogenated alkanes) is 1. The van der Waals surface area contributed by atoms with E-state index in [1.807, 2.05) is 0 Å². The molecule has 0 saturated heterocycles. The third-order valence-corrected chi connectivity index (χ3v) is 4.02. The van der Waals surface area contributed by atoms with E-state index in [9.17, 15) is 5.11 Å². The normalized spacial score (nSPS) is 30.7. The van der Waals surface area contributed by atoms with Crippen molar-refractivity contribution in [3.8, 4) is 0 Å². The summed E-state index contributed by atoms with van der Waals surface area (Å²) >= 11 is 0. The Kier molecular flexibility index (Phi) is 6.45. The number of hydrogen-bond acceptors (Lipinski definition) is 3. The molecule has 3 atom stereocenters. The van der Waals surface area contributed by atoms with Crippen LogP contribution in [0.4, 0.5) is 0 Å². The summed E-state index contributed by atoms with van der Waals surface area (Å²) in [5.74, 6) is 0.692. The van der Waals surface area contributed by atoms with Gasteiger partial charge in [-0.2, -0.15) is 0 Å². The summed E-state index contributed by atoms with van der Waals surface area (Å²) in [6, 6.07) is 0. The Balaban J connectivity index is 2.22. The Morgan fingerprint density at radius 2 is 2.24 bits per heavy atom. The van der Waals surface area contributed by atoms with Gasteiger partial charge in [0.05, 0.1) is 12.7 Å². The minimum atomic E-state index is -0.379. The van der Waals surface area contributed by atoms with Crippen LogP contribution in [0.3, 0.4) is 0 Å². The van der Waals surface area contributed by atoms with Crippen molar-refractivity contribution in [3.63, 3.8) is 0 Å². The van der Waals surface area contributed by atoms with Crippen LogP contribution in [0, 0.1) is 5.92 Å². The van der Waals surface area contributed by atoms with Crippen molar-refractivity contribution in [1.82, 2.24) is 0 Å². The molecule has 1 aliphatic rings. The van der Waals surface area contributed by atoms with Crippen molar-refractivity contribution in [2.24, 2.45) is 11.7 Å². The van der Waals surface area contributed by atoms with Crippen LogP contribution in [0.2, 0.25) is 0 Å². The molecule has 0 aliphatic heterocycles. The first-order valence-corrected chi connectivity index (χ1v) is 7.15. The first-order chi connectivity index (χ1) is 8.13. The zero-order chi connectivity index (χ0) is 12.7. The van der Waals surface area contributed by atoms with Gasteiger partial charge in [-0.1, -0.05) is 33.1 Å². The SMILES string of the molecule is CCCCC(CC)COC1CCC(N)(CO)C1.